The molecule has 0 radical (unpaired) electrons. The molecule has 0 amide bonds. The van der Waals surface area contributed by atoms with Gasteiger partial charge in [-0.2, -0.15) is 13.2 Å². The summed E-state index contributed by atoms with van der Waals surface area (Å²) in [6, 6.07) is -0.0844. The van der Waals surface area contributed by atoms with Gasteiger partial charge in [-0.3, -0.25) is 0 Å². The third kappa shape index (κ3) is 5.52. The van der Waals surface area contributed by atoms with Crippen molar-refractivity contribution in [1.82, 2.24) is 14.9 Å². The summed E-state index contributed by atoms with van der Waals surface area (Å²) in [4.78, 5) is 0. The van der Waals surface area contributed by atoms with Crippen molar-refractivity contribution in [3.05, 3.63) is 5.01 Å². The number of nitrogens with one attached hydrogen (secondary N) is 2. The SMILES string of the molecule is CC(C)(C)S(=O)(=O)N[C@H]1CC[C@H](CNc2nnc(C(F)(F)F)s2)CC1. The number of alkyl halides is 3. The molecule has 1 heterocycles. The van der Waals surface area contributed by atoms with Gasteiger partial charge in [-0.15, -0.1) is 10.2 Å². The third-order valence-electron chi connectivity index (χ3n) is 4.18. The zero-order valence-corrected chi connectivity index (χ0v) is 16.0. The largest absolute Gasteiger partial charge is 0.445 e. The van der Waals surface area contributed by atoms with Crippen LogP contribution in [0.3, 0.4) is 0 Å². The molecule has 0 unspecified atom stereocenters. The van der Waals surface area contributed by atoms with Gasteiger partial charge in [0.1, 0.15) is 0 Å². The molecule has 6 nitrogen and oxygen atoms in total. The van der Waals surface area contributed by atoms with Crippen molar-refractivity contribution in [3.8, 4) is 0 Å². The van der Waals surface area contributed by atoms with Gasteiger partial charge in [0.25, 0.3) is 0 Å². The van der Waals surface area contributed by atoms with Crippen molar-refractivity contribution < 1.29 is 21.6 Å². The van der Waals surface area contributed by atoms with Gasteiger partial charge in [-0.05, 0) is 52.4 Å². The van der Waals surface area contributed by atoms with E-state index in [0.29, 0.717) is 30.7 Å². The van der Waals surface area contributed by atoms with Crippen LogP contribution in [-0.4, -0.2) is 35.9 Å². The molecule has 1 aromatic rings. The molecule has 2 rings (SSSR count). The lowest BCUT2D eigenvalue weighted by atomic mass is 9.86. The van der Waals surface area contributed by atoms with E-state index in [-0.39, 0.29) is 17.1 Å². The van der Waals surface area contributed by atoms with Crippen molar-refractivity contribution in [1.29, 1.82) is 0 Å². The van der Waals surface area contributed by atoms with E-state index in [1.54, 1.807) is 20.8 Å². The molecule has 1 aliphatic carbocycles. The first kappa shape index (κ1) is 20.4. The maximum absolute atomic E-state index is 12.5. The van der Waals surface area contributed by atoms with Crippen LogP contribution < -0.4 is 10.0 Å². The van der Waals surface area contributed by atoms with Crippen LogP contribution in [0.15, 0.2) is 0 Å². The summed E-state index contributed by atoms with van der Waals surface area (Å²) >= 11 is 0.490. The molecule has 0 aromatic carbocycles. The Balaban J connectivity index is 1.78. The Bertz CT molecular complexity index is 675. The number of rotatable bonds is 5. The molecule has 1 saturated carbocycles. The zero-order valence-electron chi connectivity index (χ0n) is 14.4. The van der Waals surface area contributed by atoms with E-state index in [1.165, 1.54) is 0 Å². The Morgan fingerprint density at radius 2 is 1.72 bits per heavy atom. The van der Waals surface area contributed by atoms with Gasteiger partial charge in [-0.1, -0.05) is 11.3 Å². The highest BCUT2D eigenvalue weighted by atomic mass is 32.2. The highest BCUT2D eigenvalue weighted by molar-refractivity contribution is 7.90. The maximum Gasteiger partial charge on any atom is 0.445 e. The lowest BCUT2D eigenvalue weighted by molar-refractivity contribution is -0.138. The summed E-state index contributed by atoms with van der Waals surface area (Å²) in [5, 5.41) is 8.73. The van der Waals surface area contributed by atoms with Crippen molar-refractivity contribution in [2.75, 3.05) is 11.9 Å². The van der Waals surface area contributed by atoms with Crippen LogP contribution >= 0.6 is 11.3 Å². The minimum absolute atomic E-state index is 0.0844. The van der Waals surface area contributed by atoms with E-state index in [1.807, 2.05) is 0 Å². The molecule has 0 aliphatic heterocycles. The second-order valence-corrected chi connectivity index (χ2v) is 10.7. The Kier molecular flexibility index (Phi) is 5.99. The quantitative estimate of drug-likeness (QED) is 0.793. The summed E-state index contributed by atoms with van der Waals surface area (Å²) in [5.74, 6) is 0.272. The number of hydrogen-bond donors (Lipinski definition) is 2. The molecule has 0 bridgehead atoms. The van der Waals surface area contributed by atoms with E-state index in [9.17, 15) is 21.6 Å². The molecular weight excluding hydrogens is 377 g/mol. The first-order chi connectivity index (χ1) is 11.4. The molecule has 2 N–H and O–H groups in total. The van der Waals surface area contributed by atoms with Crippen LogP contribution in [0.2, 0.25) is 0 Å². The normalized spacial score (nSPS) is 22.8. The molecular formula is C14H23F3N4O2S2. The van der Waals surface area contributed by atoms with E-state index in [0.717, 1.165) is 12.8 Å². The lowest BCUT2D eigenvalue weighted by Crippen LogP contribution is -2.46. The summed E-state index contributed by atoms with van der Waals surface area (Å²) in [7, 11) is -3.37. The molecule has 0 atom stereocenters. The first-order valence-corrected chi connectivity index (χ1v) is 10.3. The average Bonchev–Trinajstić information content (AvgIpc) is 2.94. The third-order valence-corrected chi connectivity index (χ3v) is 7.37. The van der Waals surface area contributed by atoms with Gasteiger partial charge >= 0.3 is 6.18 Å². The maximum atomic E-state index is 12.5. The molecule has 1 aromatic heterocycles. The number of aromatic nitrogens is 2. The van der Waals surface area contributed by atoms with Gasteiger partial charge in [0.05, 0.1) is 4.75 Å². The number of halogens is 3. The fourth-order valence-electron chi connectivity index (χ4n) is 2.52. The number of sulfonamides is 1. The predicted octanol–water partition coefficient (Wildman–Crippen LogP) is 3.25. The summed E-state index contributed by atoms with van der Waals surface area (Å²) in [6.07, 6.45) is -1.44. The van der Waals surface area contributed by atoms with Crippen LogP contribution in [0.1, 0.15) is 51.5 Å². The number of nitrogens with zero attached hydrogens (tertiary/aromatic N) is 2. The van der Waals surface area contributed by atoms with E-state index < -0.39 is 26.0 Å². The molecule has 0 saturated heterocycles. The predicted molar refractivity (Wildman–Crippen MR) is 91.0 cm³/mol. The topological polar surface area (TPSA) is 84.0 Å². The minimum Gasteiger partial charge on any atom is -0.360 e. The van der Waals surface area contributed by atoms with Crippen LogP contribution in [0.4, 0.5) is 18.3 Å². The number of hydrogen-bond acceptors (Lipinski definition) is 6. The van der Waals surface area contributed by atoms with Crippen molar-refractivity contribution >= 4 is 26.5 Å². The van der Waals surface area contributed by atoms with Crippen molar-refractivity contribution in [2.45, 2.75) is 63.4 Å². The highest BCUT2D eigenvalue weighted by Gasteiger charge is 2.36. The zero-order chi connectivity index (χ0) is 18.9. The Morgan fingerprint density at radius 1 is 1.12 bits per heavy atom. The van der Waals surface area contributed by atoms with Crippen LogP contribution in [-0.2, 0) is 16.2 Å². The van der Waals surface area contributed by atoms with Crippen LogP contribution in [0.5, 0.6) is 0 Å². The van der Waals surface area contributed by atoms with E-state index in [4.69, 9.17) is 0 Å². The fourth-order valence-corrected chi connectivity index (χ4v) is 4.17. The van der Waals surface area contributed by atoms with Gasteiger partial charge in [-0.25, -0.2) is 13.1 Å². The van der Waals surface area contributed by atoms with Gasteiger partial charge in [0.15, 0.2) is 0 Å². The lowest BCUT2D eigenvalue weighted by Gasteiger charge is -2.31. The highest BCUT2D eigenvalue weighted by Crippen LogP contribution is 2.33. The summed E-state index contributed by atoms with van der Waals surface area (Å²) in [6.45, 7) is 5.47. The first-order valence-electron chi connectivity index (χ1n) is 8.05. The second-order valence-electron chi connectivity index (χ2n) is 7.24. The molecule has 25 heavy (non-hydrogen) atoms. The second kappa shape index (κ2) is 7.36. The van der Waals surface area contributed by atoms with E-state index in [2.05, 4.69) is 20.2 Å². The van der Waals surface area contributed by atoms with Crippen molar-refractivity contribution in [3.63, 3.8) is 0 Å². The monoisotopic (exact) mass is 400 g/mol. The smallest absolute Gasteiger partial charge is 0.360 e. The average molecular weight is 400 g/mol. The Hall–Kier alpha value is -0.940. The Labute approximate surface area is 149 Å². The summed E-state index contributed by atoms with van der Waals surface area (Å²) < 4.78 is 63.7. The minimum atomic E-state index is -4.47. The fraction of sp³-hybridized carbons (Fsp3) is 0.857. The van der Waals surface area contributed by atoms with Gasteiger partial charge in [0.2, 0.25) is 20.2 Å². The standard InChI is InChI=1S/C14H23F3N4O2S2/c1-13(2,3)25(22,23)21-10-6-4-9(5-7-10)8-18-12-20-19-11(24-12)14(15,16)17/h9-10,21H,4-8H2,1-3H3,(H,18,20)/t9-,10-. The molecule has 0 spiro atoms. The van der Waals surface area contributed by atoms with Crippen LogP contribution in [0.25, 0.3) is 0 Å². The molecule has 1 fully saturated rings. The van der Waals surface area contributed by atoms with Crippen LogP contribution in [0, 0.1) is 5.92 Å². The van der Waals surface area contributed by atoms with Gasteiger partial charge in [0, 0.05) is 12.6 Å². The molecule has 144 valence electrons. The molecule has 11 heteroatoms. The van der Waals surface area contributed by atoms with Gasteiger partial charge < -0.3 is 5.32 Å². The van der Waals surface area contributed by atoms with Crippen molar-refractivity contribution in [2.24, 2.45) is 5.92 Å². The van der Waals surface area contributed by atoms with E-state index >= 15 is 0 Å². The number of anilines is 1. The summed E-state index contributed by atoms with van der Waals surface area (Å²) in [5.41, 5.74) is 0. The molecule has 1 aliphatic rings. The Morgan fingerprint density at radius 3 is 2.20 bits per heavy atom.